The largest absolute Gasteiger partial charge is 0.348 e. The van der Waals surface area contributed by atoms with E-state index in [9.17, 15) is 4.79 Å². The van der Waals surface area contributed by atoms with Gasteiger partial charge in [-0.3, -0.25) is 9.89 Å². The SMILES string of the molecule is CC1(C)OCC(NC(=O)c2n[nH]c3c2CCC3)CO1. The van der Waals surface area contributed by atoms with Gasteiger partial charge >= 0.3 is 0 Å². The molecule has 3 rings (SSSR count). The maximum Gasteiger partial charge on any atom is 0.272 e. The molecule has 104 valence electrons. The number of aromatic amines is 1. The van der Waals surface area contributed by atoms with Gasteiger partial charge < -0.3 is 14.8 Å². The van der Waals surface area contributed by atoms with E-state index < -0.39 is 5.79 Å². The number of ether oxygens (including phenoxy) is 2. The van der Waals surface area contributed by atoms with E-state index in [1.807, 2.05) is 13.8 Å². The number of hydrogen-bond donors (Lipinski definition) is 2. The molecule has 0 radical (unpaired) electrons. The molecule has 0 bridgehead atoms. The van der Waals surface area contributed by atoms with Crippen LogP contribution in [0.2, 0.25) is 0 Å². The topological polar surface area (TPSA) is 76.2 Å². The van der Waals surface area contributed by atoms with Crippen LogP contribution >= 0.6 is 0 Å². The van der Waals surface area contributed by atoms with Crippen molar-refractivity contribution in [2.45, 2.75) is 44.9 Å². The zero-order valence-electron chi connectivity index (χ0n) is 11.3. The Balaban J connectivity index is 1.63. The Kier molecular flexibility index (Phi) is 3.06. The maximum absolute atomic E-state index is 12.2. The first-order chi connectivity index (χ1) is 9.05. The Morgan fingerprint density at radius 2 is 2.11 bits per heavy atom. The molecule has 0 unspecified atom stereocenters. The first-order valence-corrected chi connectivity index (χ1v) is 6.70. The van der Waals surface area contributed by atoms with Crippen molar-refractivity contribution in [3.8, 4) is 0 Å². The van der Waals surface area contributed by atoms with Crippen LogP contribution in [0.1, 0.15) is 42.0 Å². The van der Waals surface area contributed by atoms with Crippen molar-refractivity contribution in [1.82, 2.24) is 15.5 Å². The van der Waals surface area contributed by atoms with Gasteiger partial charge in [-0.25, -0.2) is 0 Å². The Morgan fingerprint density at radius 1 is 1.37 bits per heavy atom. The van der Waals surface area contributed by atoms with Gasteiger partial charge in [0.2, 0.25) is 0 Å². The number of nitrogens with zero attached hydrogens (tertiary/aromatic N) is 1. The number of carbonyl (C=O) groups is 1. The number of amides is 1. The van der Waals surface area contributed by atoms with Crippen molar-refractivity contribution in [3.05, 3.63) is 17.0 Å². The molecule has 6 nitrogen and oxygen atoms in total. The molecule has 1 saturated heterocycles. The van der Waals surface area contributed by atoms with Gasteiger partial charge in [0, 0.05) is 11.3 Å². The van der Waals surface area contributed by atoms with E-state index >= 15 is 0 Å². The third-order valence-electron chi connectivity index (χ3n) is 3.62. The lowest BCUT2D eigenvalue weighted by atomic mass is 10.2. The molecule has 0 aromatic carbocycles. The fraction of sp³-hybridized carbons (Fsp3) is 0.692. The molecule has 2 aliphatic rings. The van der Waals surface area contributed by atoms with E-state index in [1.165, 1.54) is 0 Å². The number of aromatic nitrogens is 2. The second kappa shape index (κ2) is 4.61. The average molecular weight is 265 g/mol. The highest BCUT2D eigenvalue weighted by Gasteiger charge is 2.30. The number of carbonyl (C=O) groups excluding carboxylic acids is 1. The monoisotopic (exact) mass is 265 g/mol. The number of rotatable bonds is 2. The minimum absolute atomic E-state index is 0.116. The van der Waals surface area contributed by atoms with E-state index in [2.05, 4.69) is 15.5 Å². The zero-order chi connectivity index (χ0) is 13.5. The van der Waals surface area contributed by atoms with Crippen LogP contribution in [0, 0.1) is 0 Å². The van der Waals surface area contributed by atoms with Crippen molar-refractivity contribution in [3.63, 3.8) is 0 Å². The van der Waals surface area contributed by atoms with E-state index in [4.69, 9.17) is 9.47 Å². The normalized spacial score (nSPS) is 22.2. The summed E-state index contributed by atoms with van der Waals surface area (Å²) in [6, 6.07) is -0.116. The number of aryl methyl sites for hydroxylation is 1. The lowest BCUT2D eigenvalue weighted by Gasteiger charge is -2.35. The Labute approximate surface area is 111 Å². The molecule has 0 spiro atoms. The van der Waals surface area contributed by atoms with Gasteiger partial charge in [-0.15, -0.1) is 0 Å². The first kappa shape index (κ1) is 12.6. The smallest absolute Gasteiger partial charge is 0.272 e. The van der Waals surface area contributed by atoms with Gasteiger partial charge in [-0.05, 0) is 33.1 Å². The van der Waals surface area contributed by atoms with Gasteiger partial charge in [-0.2, -0.15) is 5.10 Å². The van der Waals surface area contributed by atoms with Crippen LogP contribution in [0.15, 0.2) is 0 Å². The highest BCUT2D eigenvalue weighted by atomic mass is 16.7. The first-order valence-electron chi connectivity index (χ1n) is 6.70. The fourth-order valence-corrected chi connectivity index (χ4v) is 2.54. The third-order valence-corrected chi connectivity index (χ3v) is 3.62. The molecule has 2 N–H and O–H groups in total. The predicted molar refractivity (Wildman–Crippen MR) is 67.8 cm³/mol. The summed E-state index contributed by atoms with van der Waals surface area (Å²) >= 11 is 0. The lowest BCUT2D eigenvalue weighted by Crippen LogP contribution is -2.50. The number of H-pyrrole nitrogens is 1. The summed E-state index contributed by atoms with van der Waals surface area (Å²) in [5, 5.41) is 9.97. The van der Waals surface area contributed by atoms with Crippen LogP contribution in [0.5, 0.6) is 0 Å². The van der Waals surface area contributed by atoms with E-state index in [1.54, 1.807) is 0 Å². The molecule has 1 aliphatic heterocycles. The van der Waals surface area contributed by atoms with Crippen molar-refractivity contribution < 1.29 is 14.3 Å². The van der Waals surface area contributed by atoms with Gasteiger partial charge in [0.15, 0.2) is 11.5 Å². The third kappa shape index (κ3) is 2.50. The van der Waals surface area contributed by atoms with Crippen LogP contribution < -0.4 is 5.32 Å². The minimum Gasteiger partial charge on any atom is -0.348 e. The molecule has 1 aliphatic carbocycles. The van der Waals surface area contributed by atoms with Crippen LogP contribution in [0.4, 0.5) is 0 Å². The maximum atomic E-state index is 12.2. The lowest BCUT2D eigenvalue weighted by molar-refractivity contribution is -0.251. The van der Waals surface area contributed by atoms with E-state index in [-0.39, 0.29) is 11.9 Å². The van der Waals surface area contributed by atoms with Gasteiger partial charge in [0.25, 0.3) is 5.91 Å². The van der Waals surface area contributed by atoms with Crippen LogP contribution in [0.3, 0.4) is 0 Å². The average Bonchev–Trinajstić information content (AvgIpc) is 2.93. The quantitative estimate of drug-likeness (QED) is 0.828. The molecule has 1 aromatic rings. The molecular formula is C13H19N3O3. The second-order valence-electron chi connectivity index (χ2n) is 5.58. The molecule has 1 aromatic heterocycles. The summed E-state index contributed by atoms with van der Waals surface area (Å²) < 4.78 is 11.0. The van der Waals surface area contributed by atoms with Gasteiger partial charge in [0.05, 0.1) is 19.3 Å². The summed E-state index contributed by atoms with van der Waals surface area (Å²) in [6.07, 6.45) is 3.01. The number of hydrogen-bond acceptors (Lipinski definition) is 4. The van der Waals surface area contributed by atoms with Crippen LogP contribution in [0.25, 0.3) is 0 Å². The fourth-order valence-electron chi connectivity index (χ4n) is 2.54. The molecule has 1 amide bonds. The summed E-state index contributed by atoms with van der Waals surface area (Å²) in [7, 11) is 0. The summed E-state index contributed by atoms with van der Waals surface area (Å²) in [6.45, 7) is 4.66. The van der Waals surface area contributed by atoms with Gasteiger partial charge in [-0.1, -0.05) is 0 Å². The number of nitrogens with one attached hydrogen (secondary N) is 2. The highest BCUT2D eigenvalue weighted by molar-refractivity contribution is 5.94. The minimum atomic E-state index is -0.561. The summed E-state index contributed by atoms with van der Waals surface area (Å²) in [5.41, 5.74) is 2.69. The summed E-state index contributed by atoms with van der Waals surface area (Å²) in [4.78, 5) is 12.2. The van der Waals surface area contributed by atoms with Crippen molar-refractivity contribution >= 4 is 5.91 Å². The zero-order valence-corrected chi connectivity index (χ0v) is 11.3. The van der Waals surface area contributed by atoms with Crippen LogP contribution in [-0.2, 0) is 22.3 Å². The van der Waals surface area contributed by atoms with E-state index in [0.717, 1.165) is 30.5 Å². The standard InChI is InChI=1S/C13H19N3O3/c1-13(2)18-6-8(7-19-13)14-12(17)11-9-4-3-5-10(9)15-16-11/h8H,3-7H2,1-2H3,(H,14,17)(H,15,16). The van der Waals surface area contributed by atoms with E-state index in [0.29, 0.717) is 18.9 Å². The second-order valence-corrected chi connectivity index (χ2v) is 5.58. The molecule has 6 heteroatoms. The predicted octanol–water partition coefficient (Wildman–Crippen LogP) is 0.780. The molecule has 0 atom stereocenters. The van der Waals surface area contributed by atoms with Gasteiger partial charge in [0.1, 0.15) is 0 Å². The Hall–Kier alpha value is -1.40. The van der Waals surface area contributed by atoms with Crippen LogP contribution in [-0.4, -0.2) is 41.1 Å². The summed E-state index contributed by atoms with van der Waals surface area (Å²) in [5.74, 6) is -0.703. The van der Waals surface area contributed by atoms with Crippen molar-refractivity contribution in [1.29, 1.82) is 0 Å². The Morgan fingerprint density at radius 3 is 2.84 bits per heavy atom. The Bertz CT molecular complexity index is 485. The van der Waals surface area contributed by atoms with Crippen molar-refractivity contribution in [2.75, 3.05) is 13.2 Å². The number of fused-ring (bicyclic) bond motifs is 1. The molecule has 0 saturated carbocycles. The molecular weight excluding hydrogens is 246 g/mol. The molecule has 1 fully saturated rings. The van der Waals surface area contributed by atoms with Crippen molar-refractivity contribution in [2.24, 2.45) is 0 Å². The highest BCUT2D eigenvalue weighted by Crippen LogP contribution is 2.23. The molecule has 19 heavy (non-hydrogen) atoms. The molecule has 2 heterocycles.